The molecule has 2 heteroatoms. The molecule has 3 heterocycles. The van der Waals surface area contributed by atoms with Gasteiger partial charge in [-0.15, -0.1) is 0 Å². The van der Waals surface area contributed by atoms with Crippen LogP contribution in [-0.2, 0) is 6.54 Å². The molecule has 1 N–H and O–H groups in total. The van der Waals surface area contributed by atoms with E-state index in [0.717, 1.165) is 18.5 Å². The number of benzene rings is 1. The predicted octanol–water partition coefficient (Wildman–Crippen LogP) is 2.40. The molecule has 1 unspecified atom stereocenters. The van der Waals surface area contributed by atoms with E-state index in [2.05, 4.69) is 40.5 Å². The zero-order chi connectivity index (χ0) is 12.0. The molecule has 3 aliphatic heterocycles. The summed E-state index contributed by atoms with van der Waals surface area (Å²) < 4.78 is 0. The molecular formula is C16H22N2. The molecule has 5 rings (SSSR count). The number of nitrogens with one attached hydrogen (secondary N) is 1. The van der Waals surface area contributed by atoms with E-state index in [9.17, 15) is 0 Å². The molecule has 4 fully saturated rings. The second-order valence-electron chi connectivity index (χ2n) is 6.27. The monoisotopic (exact) mass is 242 g/mol. The Balaban J connectivity index is 1.48. The van der Waals surface area contributed by atoms with Crippen LogP contribution in [0.15, 0.2) is 30.3 Å². The van der Waals surface area contributed by atoms with Crippen molar-refractivity contribution in [1.29, 1.82) is 0 Å². The molecule has 0 amide bonds. The highest BCUT2D eigenvalue weighted by Gasteiger charge is 2.60. The van der Waals surface area contributed by atoms with Gasteiger partial charge in [-0.3, -0.25) is 4.90 Å². The van der Waals surface area contributed by atoms with Gasteiger partial charge >= 0.3 is 0 Å². The van der Waals surface area contributed by atoms with Gasteiger partial charge in [0.2, 0.25) is 0 Å². The lowest BCUT2D eigenvalue weighted by Gasteiger charge is -2.52. The third kappa shape index (κ3) is 1.63. The molecule has 0 aromatic heterocycles. The van der Waals surface area contributed by atoms with Crippen LogP contribution in [0.3, 0.4) is 0 Å². The van der Waals surface area contributed by atoms with E-state index in [-0.39, 0.29) is 0 Å². The molecule has 2 nitrogen and oxygen atoms in total. The SMILES string of the molecule is c1ccc(CNC2C3CCN(CC3)C23CC3)cc1. The Hall–Kier alpha value is -0.860. The Morgan fingerprint density at radius 3 is 2.50 bits per heavy atom. The Bertz CT molecular complexity index is 416. The standard InChI is InChI=1S/C16H22N2/c1-2-4-13(5-3-1)12-17-15-14-6-10-18(11-7-14)16(15)8-9-16/h1-5,14-15,17H,6-12H2. The molecule has 0 radical (unpaired) electrons. The van der Waals surface area contributed by atoms with Crippen LogP contribution in [-0.4, -0.2) is 29.6 Å². The third-order valence-electron chi connectivity index (χ3n) is 5.35. The van der Waals surface area contributed by atoms with Crippen LogP contribution in [0.4, 0.5) is 0 Å². The van der Waals surface area contributed by atoms with Gasteiger partial charge in [0.15, 0.2) is 0 Å². The highest BCUT2D eigenvalue weighted by Crippen LogP contribution is 2.53. The summed E-state index contributed by atoms with van der Waals surface area (Å²) in [6.07, 6.45) is 5.67. The lowest BCUT2D eigenvalue weighted by molar-refractivity contribution is -0.00341. The Morgan fingerprint density at radius 2 is 1.83 bits per heavy atom. The lowest BCUT2D eigenvalue weighted by Crippen LogP contribution is -2.64. The topological polar surface area (TPSA) is 15.3 Å². The van der Waals surface area contributed by atoms with Crippen molar-refractivity contribution in [3.05, 3.63) is 35.9 Å². The second kappa shape index (κ2) is 4.07. The highest BCUT2D eigenvalue weighted by atomic mass is 15.3. The van der Waals surface area contributed by atoms with Crippen molar-refractivity contribution in [1.82, 2.24) is 10.2 Å². The summed E-state index contributed by atoms with van der Waals surface area (Å²) in [6.45, 7) is 3.75. The largest absolute Gasteiger partial charge is 0.308 e. The maximum Gasteiger partial charge on any atom is 0.0366 e. The molecule has 1 aromatic rings. The number of hydrogen-bond donors (Lipinski definition) is 1. The quantitative estimate of drug-likeness (QED) is 0.875. The van der Waals surface area contributed by atoms with Gasteiger partial charge in [-0.25, -0.2) is 0 Å². The van der Waals surface area contributed by atoms with E-state index in [1.807, 2.05) is 0 Å². The number of rotatable bonds is 3. The molecule has 1 atom stereocenters. The first-order valence-corrected chi connectivity index (χ1v) is 7.41. The van der Waals surface area contributed by atoms with Gasteiger partial charge < -0.3 is 5.32 Å². The smallest absolute Gasteiger partial charge is 0.0366 e. The molecule has 18 heavy (non-hydrogen) atoms. The molecule has 4 aliphatic rings. The van der Waals surface area contributed by atoms with E-state index < -0.39 is 0 Å². The van der Waals surface area contributed by atoms with E-state index in [0.29, 0.717) is 5.54 Å². The van der Waals surface area contributed by atoms with Crippen LogP contribution >= 0.6 is 0 Å². The van der Waals surface area contributed by atoms with Crippen LogP contribution in [0.2, 0.25) is 0 Å². The summed E-state index contributed by atoms with van der Waals surface area (Å²) in [5.74, 6) is 0.932. The maximum absolute atomic E-state index is 3.88. The fraction of sp³-hybridized carbons (Fsp3) is 0.625. The highest BCUT2D eigenvalue weighted by molar-refractivity contribution is 5.20. The first kappa shape index (κ1) is 11.0. The maximum atomic E-state index is 3.88. The van der Waals surface area contributed by atoms with Gasteiger partial charge in [-0.2, -0.15) is 0 Å². The van der Waals surface area contributed by atoms with Crippen LogP contribution in [0.25, 0.3) is 0 Å². The normalized spacial score (nSPS) is 35.9. The minimum Gasteiger partial charge on any atom is -0.308 e. The van der Waals surface area contributed by atoms with E-state index >= 15 is 0 Å². The summed E-state index contributed by atoms with van der Waals surface area (Å²) in [7, 11) is 0. The van der Waals surface area contributed by atoms with Crippen molar-refractivity contribution in [2.75, 3.05) is 13.1 Å². The summed E-state index contributed by atoms with van der Waals surface area (Å²) in [5.41, 5.74) is 1.99. The third-order valence-corrected chi connectivity index (χ3v) is 5.35. The molecule has 2 bridgehead atoms. The van der Waals surface area contributed by atoms with Crippen LogP contribution in [0.5, 0.6) is 0 Å². The average Bonchev–Trinajstić information content (AvgIpc) is 3.21. The summed E-state index contributed by atoms with van der Waals surface area (Å²) in [6, 6.07) is 11.6. The van der Waals surface area contributed by atoms with Gasteiger partial charge in [-0.05, 0) is 50.3 Å². The van der Waals surface area contributed by atoms with Gasteiger partial charge in [-0.1, -0.05) is 30.3 Å². The van der Waals surface area contributed by atoms with Gasteiger partial charge in [0.25, 0.3) is 0 Å². The fourth-order valence-electron chi connectivity index (χ4n) is 4.25. The van der Waals surface area contributed by atoms with E-state index in [1.54, 1.807) is 0 Å². The summed E-state index contributed by atoms with van der Waals surface area (Å²) in [4.78, 5) is 2.77. The van der Waals surface area contributed by atoms with Crippen molar-refractivity contribution < 1.29 is 0 Å². The molecule has 1 saturated carbocycles. The Labute approximate surface area is 109 Å². The van der Waals surface area contributed by atoms with Gasteiger partial charge in [0.05, 0.1) is 0 Å². The lowest BCUT2D eigenvalue weighted by atomic mass is 9.77. The van der Waals surface area contributed by atoms with Crippen molar-refractivity contribution in [2.24, 2.45) is 5.92 Å². The van der Waals surface area contributed by atoms with Gasteiger partial charge in [0, 0.05) is 18.1 Å². The summed E-state index contributed by atoms with van der Waals surface area (Å²) in [5, 5.41) is 3.88. The molecule has 1 aliphatic carbocycles. The van der Waals surface area contributed by atoms with Crippen molar-refractivity contribution in [2.45, 2.75) is 43.8 Å². The molecule has 1 spiro atoms. The number of fused-ring (bicyclic) bond motifs is 2. The average molecular weight is 242 g/mol. The second-order valence-corrected chi connectivity index (χ2v) is 6.27. The van der Waals surface area contributed by atoms with Crippen LogP contribution < -0.4 is 5.32 Å². The predicted molar refractivity (Wildman–Crippen MR) is 73.3 cm³/mol. The van der Waals surface area contributed by atoms with Crippen molar-refractivity contribution in [3.8, 4) is 0 Å². The minimum atomic E-state index is 0.565. The zero-order valence-electron chi connectivity index (χ0n) is 10.9. The Kier molecular flexibility index (Phi) is 2.49. The minimum absolute atomic E-state index is 0.565. The van der Waals surface area contributed by atoms with Crippen molar-refractivity contribution in [3.63, 3.8) is 0 Å². The first-order chi connectivity index (χ1) is 8.88. The zero-order valence-corrected chi connectivity index (χ0v) is 10.9. The molecular weight excluding hydrogens is 220 g/mol. The first-order valence-electron chi connectivity index (χ1n) is 7.41. The number of hydrogen-bond acceptors (Lipinski definition) is 2. The van der Waals surface area contributed by atoms with E-state index in [1.165, 1.54) is 44.3 Å². The van der Waals surface area contributed by atoms with E-state index in [4.69, 9.17) is 0 Å². The van der Waals surface area contributed by atoms with Crippen molar-refractivity contribution >= 4 is 0 Å². The molecule has 1 aromatic carbocycles. The molecule has 3 saturated heterocycles. The number of piperidine rings is 3. The summed E-state index contributed by atoms with van der Waals surface area (Å²) >= 11 is 0. The van der Waals surface area contributed by atoms with Crippen LogP contribution in [0, 0.1) is 5.92 Å². The Morgan fingerprint density at radius 1 is 1.11 bits per heavy atom. The van der Waals surface area contributed by atoms with Gasteiger partial charge in [0.1, 0.15) is 0 Å². The molecule has 96 valence electrons. The fourth-order valence-corrected chi connectivity index (χ4v) is 4.25. The van der Waals surface area contributed by atoms with Crippen LogP contribution in [0.1, 0.15) is 31.2 Å². The number of nitrogens with zero attached hydrogens (tertiary/aromatic N) is 1.